The first kappa shape index (κ1) is 15.4. The number of aromatic nitrogens is 1. The summed E-state index contributed by atoms with van der Waals surface area (Å²) in [6.45, 7) is 0. The van der Waals surface area contributed by atoms with E-state index in [4.69, 9.17) is 10.8 Å². The van der Waals surface area contributed by atoms with Crippen LogP contribution in [0.3, 0.4) is 0 Å². The second-order valence-corrected chi connectivity index (χ2v) is 4.90. The molecule has 1 atom stereocenters. The summed E-state index contributed by atoms with van der Waals surface area (Å²) in [5, 5.41) is 18.3. The van der Waals surface area contributed by atoms with Gasteiger partial charge in [-0.15, -0.1) is 16.9 Å². The quantitative estimate of drug-likeness (QED) is 0.324. The predicted octanol–water partition coefficient (Wildman–Crippen LogP) is 1.50. The highest BCUT2D eigenvalue weighted by Gasteiger charge is 2.10. The zero-order valence-corrected chi connectivity index (χ0v) is 11.5. The van der Waals surface area contributed by atoms with Crippen molar-refractivity contribution in [1.82, 2.24) is 9.99 Å². The van der Waals surface area contributed by atoms with Gasteiger partial charge in [-0.3, -0.25) is 14.8 Å². The maximum Gasteiger partial charge on any atom is 0.320 e. The first-order valence-electron chi connectivity index (χ1n) is 5.68. The van der Waals surface area contributed by atoms with E-state index in [1.54, 1.807) is 42.3 Å². The lowest BCUT2D eigenvalue weighted by Gasteiger charge is -2.11. The number of pyridine rings is 1. The molecular formula is C11H17N5O2S. The lowest BCUT2D eigenvalue weighted by atomic mass is 10.2. The fourth-order valence-corrected chi connectivity index (χ4v) is 1.96. The van der Waals surface area contributed by atoms with Crippen LogP contribution in [0.15, 0.2) is 34.9 Å². The maximum atomic E-state index is 10.5. The van der Waals surface area contributed by atoms with Crippen molar-refractivity contribution in [3.8, 4) is 0 Å². The maximum absolute atomic E-state index is 10.5. The number of carboxylic acids is 1. The van der Waals surface area contributed by atoms with Gasteiger partial charge in [0.1, 0.15) is 11.7 Å². The van der Waals surface area contributed by atoms with Gasteiger partial charge in [0.2, 0.25) is 0 Å². The molecule has 3 N–H and O–H groups in total. The van der Waals surface area contributed by atoms with Crippen LogP contribution in [-0.4, -0.2) is 45.8 Å². The highest BCUT2D eigenvalue weighted by molar-refractivity contribution is 7.99. The molecule has 19 heavy (non-hydrogen) atoms. The average Bonchev–Trinajstić information content (AvgIpc) is 2.42. The van der Waals surface area contributed by atoms with Crippen molar-refractivity contribution in [3.05, 3.63) is 24.5 Å². The number of carboxylic acid groups (broad SMARTS) is 1. The molecule has 1 rings (SSSR count). The van der Waals surface area contributed by atoms with E-state index in [0.717, 1.165) is 0 Å². The molecule has 0 aliphatic rings. The molecule has 1 aromatic rings. The number of carbonyl (C=O) groups is 1. The van der Waals surface area contributed by atoms with Gasteiger partial charge >= 0.3 is 5.97 Å². The molecule has 0 aliphatic heterocycles. The molecular weight excluding hydrogens is 266 g/mol. The van der Waals surface area contributed by atoms with Crippen LogP contribution in [0, 0.1) is 0 Å². The van der Waals surface area contributed by atoms with Gasteiger partial charge < -0.3 is 10.8 Å². The number of hydrogen-bond donors (Lipinski definition) is 2. The van der Waals surface area contributed by atoms with E-state index in [-0.39, 0.29) is 0 Å². The highest BCUT2D eigenvalue weighted by atomic mass is 32.2. The highest BCUT2D eigenvalue weighted by Crippen LogP contribution is 2.11. The van der Waals surface area contributed by atoms with E-state index >= 15 is 0 Å². The van der Waals surface area contributed by atoms with Crippen LogP contribution in [0.4, 0.5) is 5.69 Å². The number of nitrogens with two attached hydrogens (primary N) is 1. The van der Waals surface area contributed by atoms with Crippen LogP contribution < -0.4 is 5.73 Å². The second kappa shape index (κ2) is 8.44. The monoisotopic (exact) mass is 283 g/mol. The number of thioether (sulfide) groups is 1. The van der Waals surface area contributed by atoms with Crippen molar-refractivity contribution >= 4 is 23.4 Å². The van der Waals surface area contributed by atoms with Crippen LogP contribution in [0.1, 0.15) is 6.42 Å². The fourth-order valence-electron chi connectivity index (χ4n) is 1.10. The Bertz CT molecular complexity index is 415. The number of hydrogen-bond acceptors (Lipinski definition) is 6. The molecule has 0 bridgehead atoms. The van der Waals surface area contributed by atoms with Crippen LogP contribution in [0.2, 0.25) is 0 Å². The van der Waals surface area contributed by atoms with Gasteiger partial charge in [-0.1, -0.05) is 5.22 Å². The van der Waals surface area contributed by atoms with Gasteiger partial charge in [-0.25, -0.2) is 0 Å². The largest absolute Gasteiger partial charge is 0.480 e. The van der Waals surface area contributed by atoms with E-state index in [1.165, 1.54) is 0 Å². The summed E-state index contributed by atoms with van der Waals surface area (Å²) in [7, 11) is 1.80. The summed E-state index contributed by atoms with van der Waals surface area (Å²) in [6.07, 6.45) is 3.73. The van der Waals surface area contributed by atoms with E-state index in [0.29, 0.717) is 23.7 Å². The normalized spacial score (nSPS) is 12.5. The Kier molecular flexibility index (Phi) is 6.83. The minimum absolute atomic E-state index is 0.438. The fraction of sp³-hybridized carbons (Fsp3) is 0.455. The zero-order valence-electron chi connectivity index (χ0n) is 10.6. The molecule has 0 fully saturated rings. The van der Waals surface area contributed by atoms with E-state index in [9.17, 15) is 4.79 Å². The van der Waals surface area contributed by atoms with Crippen molar-refractivity contribution in [2.24, 2.45) is 16.1 Å². The van der Waals surface area contributed by atoms with Crippen molar-refractivity contribution in [2.75, 3.05) is 18.7 Å². The van der Waals surface area contributed by atoms with E-state index in [2.05, 4.69) is 15.3 Å². The van der Waals surface area contributed by atoms with Gasteiger partial charge in [-0.05, 0) is 24.3 Å². The minimum Gasteiger partial charge on any atom is -0.480 e. The molecule has 0 aromatic carbocycles. The molecule has 1 unspecified atom stereocenters. The molecule has 0 aliphatic carbocycles. The predicted molar refractivity (Wildman–Crippen MR) is 74.1 cm³/mol. The van der Waals surface area contributed by atoms with Crippen LogP contribution in [0.25, 0.3) is 0 Å². The summed E-state index contributed by atoms with van der Waals surface area (Å²) in [5.41, 5.74) is 6.08. The Morgan fingerprint density at radius 1 is 1.68 bits per heavy atom. The summed E-state index contributed by atoms with van der Waals surface area (Å²) in [6, 6.07) is 2.80. The van der Waals surface area contributed by atoms with Gasteiger partial charge in [0.15, 0.2) is 0 Å². The Hall–Kier alpha value is -1.67. The SMILES string of the molecule is CN(CSCCC(N)C(=O)O)N=Nc1cccnc1. The third-order valence-electron chi connectivity index (χ3n) is 2.13. The molecule has 0 radical (unpaired) electrons. The molecule has 1 aromatic heterocycles. The van der Waals surface area contributed by atoms with Gasteiger partial charge in [0.05, 0.1) is 12.1 Å². The third kappa shape index (κ3) is 6.73. The standard InChI is InChI=1S/C11H17N5O2S/c1-16(8-19-6-4-10(12)11(17)18)15-14-9-3-2-5-13-7-9/h2-3,5,7,10H,4,6,8,12H2,1H3,(H,17,18). The summed E-state index contributed by atoms with van der Waals surface area (Å²) in [5.74, 6) is 0.321. The molecule has 104 valence electrons. The summed E-state index contributed by atoms with van der Waals surface area (Å²) in [4.78, 5) is 14.4. The topological polar surface area (TPSA) is 104 Å². The molecule has 0 saturated carbocycles. The zero-order chi connectivity index (χ0) is 14.1. The smallest absolute Gasteiger partial charge is 0.320 e. The molecule has 7 nitrogen and oxygen atoms in total. The Morgan fingerprint density at radius 2 is 2.47 bits per heavy atom. The third-order valence-corrected chi connectivity index (χ3v) is 3.21. The van der Waals surface area contributed by atoms with E-state index in [1.807, 2.05) is 6.07 Å². The summed E-state index contributed by atoms with van der Waals surface area (Å²) < 4.78 is 0. The minimum atomic E-state index is -0.967. The Balaban J connectivity index is 2.20. The van der Waals surface area contributed by atoms with Gasteiger partial charge in [0, 0.05) is 13.2 Å². The lowest BCUT2D eigenvalue weighted by molar-refractivity contribution is -0.138. The Labute approximate surface area is 115 Å². The van der Waals surface area contributed by atoms with Crippen LogP contribution in [-0.2, 0) is 4.79 Å². The lowest BCUT2D eigenvalue weighted by Crippen LogP contribution is -2.30. The van der Waals surface area contributed by atoms with Crippen LogP contribution in [0.5, 0.6) is 0 Å². The second-order valence-electron chi connectivity index (χ2n) is 3.83. The van der Waals surface area contributed by atoms with Crippen molar-refractivity contribution in [1.29, 1.82) is 0 Å². The average molecular weight is 283 g/mol. The number of nitrogens with zero attached hydrogens (tertiary/aromatic N) is 4. The number of aliphatic carboxylic acids is 1. The number of rotatable bonds is 8. The van der Waals surface area contributed by atoms with Crippen molar-refractivity contribution in [2.45, 2.75) is 12.5 Å². The van der Waals surface area contributed by atoms with Gasteiger partial charge in [0.25, 0.3) is 0 Å². The first-order chi connectivity index (χ1) is 9.09. The molecule has 0 amide bonds. The molecule has 0 saturated heterocycles. The molecule has 0 spiro atoms. The molecule has 8 heteroatoms. The molecule has 1 heterocycles. The van der Waals surface area contributed by atoms with Crippen molar-refractivity contribution in [3.63, 3.8) is 0 Å². The summed E-state index contributed by atoms with van der Waals surface area (Å²) >= 11 is 1.56. The first-order valence-corrected chi connectivity index (χ1v) is 6.84. The van der Waals surface area contributed by atoms with Crippen LogP contribution >= 0.6 is 11.8 Å². The Morgan fingerprint density at radius 3 is 3.11 bits per heavy atom. The van der Waals surface area contributed by atoms with Crippen molar-refractivity contribution < 1.29 is 9.90 Å². The van der Waals surface area contributed by atoms with Gasteiger partial charge in [-0.2, -0.15) is 0 Å². The van der Waals surface area contributed by atoms with E-state index < -0.39 is 12.0 Å².